The number of fused-ring (bicyclic) bond motifs is 1. The number of methoxy groups -OCH3 is 3. The topological polar surface area (TPSA) is 98.8 Å². The first-order chi connectivity index (χ1) is 17.0. The summed E-state index contributed by atoms with van der Waals surface area (Å²) in [4.78, 5) is 30.2. The molecule has 4 rings (SSSR count). The van der Waals surface area contributed by atoms with Gasteiger partial charge in [0, 0.05) is 16.6 Å². The van der Waals surface area contributed by atoms with Crippen molar-refractivity contribution >= 4 is 28.4 Å². The van der Waals surface area contributed by atoms with Crippen molar-refractivity contribution in [3.8, 4) is 28.5 Å². The molecule has 0 aliphatic rings. The van der Waals surface area contributed by atoms with Gasteiger partial charge in [-0.1, -0.05) is 36.4 Å². The molecule has 0 bridgehead atoms. The van der Waals surface area contributed by atoms with E-state index in [9.17, 15) is 9.59 Å². The second-order valence-corrected chi connectivity index (χ2v) is 7.58. The largest absolute Gasteiger partial charge is 0.493 e. The van der Waals surface area contributed by atoms with E-state index in [1.807, 2.05) is 42.5 Å². The summed E-state index contributed by atoms with van der Waals surface area (Å²) < 4.78 is 16.3. The van der Waals surface area contributed by atoms with E-state index >= 15 is 0 Å². The predicted octanol–water partition coefficient (Wildman–Crippen LogP) is 4.30. The maximum absolute atomic E-state index is 13.2. The molecule has 0 fully saturated rings. The lowest BCUT2D eigenvalue weighted by Gasteiger charge is -2.15. The predicted molar refractivity (Wildman–Crippen MR) is 134 cm³/mol. The van der Waals surface area contributed by atoms with Gasteiger partial charge in [-0.3, -0.25) is 9.59 Å². The number of nitrogens with zero attached hydrogens (tertiary/aromatic N) is 1. The van der Waals surface area contributed by atoms with E-state index in [4.69, 9.17) is 19.2 Å². The SMILES string of the molecule is COc1cc(-c2cc(C(=O)NCC(=O)Nc3ccccc3)c3ccccc3n2)cc(OC)c1OC. The summed E-state index contributed by atoms with van der Waals surface area (Å²) >= 11 is 0. The number of hydrogen-bond donors (Lipinski definition) is 2. The van der Waals surface area contributed by atoms with Crippen LogP contribution in [0.5, 0.6) is 17.2 Å². The zero-order valence-electron chi connectivity index (χ0n) is 19.6. The minimum absolute atomic E-state index is 0.177. The molecule has 178 valence electrons. The van der Waals surface area contributed by atoms with Crippen molar-refractivity contribution in [2.75, 3.05) is 33.2 Å². The van der Waals surface area contributed by atoms with Crippen molar-refractivity contribution < 1.29 is 23.8 Å². The molecule has 0 unspecified atom stereocenters. The van der Waals surface area contributed by atoms with Crippen LogP contribution in [0.1, 0.15) is 10.4 Å². The molecule has 0 aliphatic heterocycles. The van der Waals surface area contributed by atoms with E-state index in [2.05, 4.69) is 10.6 Å². The molecule has 0 saturated carbocycles. The van der Waals surface area contributed by atoms with Crippen LogP contribution in [-0.4, -0.2) is 44.7 Å². The molecule has 8 heteroatoms. The number of para-hydroxylation sites is 2. The molecule has 35 heavy (non-hydrogen) atoms. The number of carbonyl (C=O) groups is 2. The minimum atomic E-state index is -0.388. The Morgan fingerprint density at radius 2 is 1.49 bits per heavy atom. The molecule has 1 heterocycles. The number of nitrogens with one attached hydrogen (secondary N) is 2. The Morgan fingerprint density at radius 3 is 2.14 bits per heavy atom. The first kappa shape index (κ1) is 23.6. The zero-order valence-corrected chi connectivity index (χ0v) is 19.6. The fourth-order valence-electron chi connectivity index (χ4n) is 3.72. The quantitative estimate of drug-likeness (QED) is 0.398. The summed E-state index contributed by atoms with van der Waals surface area (Å²) in [7, 11) is 4.60. The van der Waals surface area contributed by atoms with E-state index in [1.54, 1.807) is 30.3 Å². The Bertz CT molecular complexity index is 1350. The van der Waals surface area contributed by atoms with Crippen LogP contribution in [0, 0.1) is 0 Å². The Hall–Kier alpha value is -4.59. The summed E-state index contributed by atoms with van der Waals surface area (Å²) in [6.45, 7) is -0.177. The molecule has 2 amide bonds. The van der Waals surface area contributed by atoms with Crippen molar-refractivity contribution in [3.63, 3.8) is 0 Å². The van der Waals surface area contributed by atoms with Gasteiger partial charge < -0.3 is 24.8 Å². The van der Waals surface area contributed by atoms with Gasteiger partial charge in [-0.25, -0.2) is 4.98 Å². The highest BCUT2D eigenvalue weighted by Crippen LogP contribution is 2.41. The van der Waals surface area contributed by atoms with Crippen molar-refractivity contribution in [1.82, 2.24) is 10.3 Å². The van der Waals surface area contributed by atoms with Gasteiger partial charge >= 0.3 is 0 Å². The van der Waals surface area contributed by atoms with Gasteiger partial charge in [-0.05, 0) is 36.4 Å². The summed E-state index contributed by atoms with van der Waals surface area (Å²) in [5.74, 6) is 0.691. The van der Waals surface area contributed by atoms with Crippen LogP contribution in [-0.2, 0) is 4.79 Å². The van der Waals surface area contributed by atoms with E-state index < -0.39 is 0 Å². The number of pyridine rings is 1. The standard InChI is InChI=1S/C27H25N3O5/c1-33-23-13-17(14-24(34-2)26(23)35-3)22-15-20(19-11-7-8-12-21(19)30-22)27(32)28-16-25(31)29-18-9-5-4-6-10-18/h4-15H,16H2,1-3H3,(H,28,32)(H,29,31). The summed E-state index contributed by atoms with van der Waals surface area (Å²) in [6.07, 6.45) is 0. The maximum atomic E-state index is 13.2. The van der Waals surface area contributed by atoms with Gasteiger partial charge in [0.25, 0.3) is 5.91 Å². The average molecular weight is 472 g/mol. The van der Waals surface area contributed by atoms with E-state index in [1.165, 1.54) is 21.3 Å². The third-order valence-electron chi connectivity index (χ3n) is 5.39. The third-order valence-corrected chi connectivity index (χ3v) is 5.39. The lowest BCUT2D eigenvalue weighted by atomic mass is 10.0. The van der Waals surface area contributed by atoms with Gasteiger partial charge in [0.1, 0.15) is 0 Å². The van der Waals surface area contributed by atoms with Gasteiger partial charge in [0.05, 0.1) is 44.6 Å². The highest BCUT2D eigenvalue weighted by Gasteiger charge is 2.18. The van der Waals surface area contributed by atoms with Crippen LogP contribution in [0.25, 0.3) is 22.2 Å². The van der Waals surface area contributed by atoms with Crippen molar-refractivity contribution in [3.05, 3.63) is 78.4 Å². The molecule has 4 aromatic rings. The van der Waals surface area contributed by atoms with Crippen LogP contribution < -0.4 is 24.8 Å². The second-order valence-electron chi connectivity index (χ2n) is 7.58. The van der Waals surface area contributed by atoms with Gasteiger partial charge in [0.2, 0.25) is 11.7 Å². The molecule has 0 radical (unpaired) electrons. The van der Waals surface area contributed by atoms with Gasteiger partial charge in [-0.2, -0.15) is 0 Å². The number of benzene rings is 3. The normalized spacial score (nSPS) is 10.5. The second kappa shape index (κ2) is 10.6. The maximum Gasteiger partial charge on any atom is 0.252 e. The number of carbonyl (C=O) groups excluding carboxylic acids is 2. The third kappa shape index (κ3) is 5.16. The first-order valence-corrected chi connectivity index (χ1v) is 10.9. The molecule has 3 aromatic carbocycles. The van der Waals surface area contributed by atoms with Gasteiger partial charge in [0.15, 0.2) is 11.5 Å². The number of aromatic nitrogens is 1. The molecule has 0 atom stereocenters. The summed E-state index contributed by atoms with van der Waals surface area (Å²) in [5.41, 5.74) is 2.92. The molecule has 0 saturated heterocycles. The smallest absolute Gasteiger partial charge is 0.252 e. The number of amides is 2. The fourth-order valence-corrected chi connectivity index (χ4v) is 3.72. The van der Waals surface area contributed by atoms with E-state index in [0.717, 1.165) is 0 Å². The monoisotopic (exact) mass is 471 g/mol. The van der Waals surface area contributed by atoms with Crippen molar-refractivity contribution in [1.29, 1.82) is 0 Å². The lowest BCUT2D eigenvalue weighted by Crippen LogP contribution is -2.33. The number of anilines is 1. The summed E-state index contributed by atoms with van der Waals surface area (Å²) in [6, 6.07) is 21.6. The molecule has 8 nitrogen and oxygen atoms in total. The lowest BCUT2D eigenvalue weighted by molar-refractivity contribution is -0.115. The molecule has 2 N–H and O–H groups in total. The van der Waals surface area contributed by atoms with E-state index in [-0.39, 0.29) is 18.4 Å². The fraction of sp³-hybridized carbons (Fsp3) is 0.148. The van der Waals surface area contributed by atoms with Crippen LogP contribution in [0.3, 0.4) is 0 Å². The summed E-state index contributed by atoms with van der Waals surface area (Å²) in [5, 5.41) is 6.13. The van der Waals surface area contributed by atoms with E-state index in [0.29, 0.717) is 50.7 Å². The zero-order chi connectivity index (χ0) is 24.8. The Balaban J connectivity index is 1.66. The molecule has 0 aliphatic carbocycles. The van der Waals surface area contributed by atoms with Crippen molar-refractivity contribution in [2.24, 2.45) is 0 Å². The van der Waals surface area contributed by atoms with Crippen molar-refractivity contribution in [2.45, 2.75) is 0 Å². The molecule has 1 aromatic heterocycles. The Morgan fingerprint density at radius 1 is 0.829 bits per heavy atom. The molecular formula is C27H25N3O5. The number of hydrogen-bond acceptors (Lipinski definition) is 6. The molecule has 0 spiro atoms. The Labute approximate surface area is 202 Å². The Kier molecular flexibility index (Phi) is 7.11. The number of rotatable bonds is 8. The van der Waals surface area contributed by atoms with Crippen LogP contribution >= 0.6 is 0 Å². The van der Waals surface area contributed by atoms with Gasteiger partial charge in [-0.15, -0.1) is 0 Å². The average Bonchev–Trinajstić information content (AvgIpc) is 2.90. The molecular weight excluding hydrogens is 446 g/mol. The van der Waals surface area contributed by atoms with Crippen LogP contribution in [0.4, 0.5) is 5.69 Å². The number of ether oxygens (including phenoxy) is 3. The van der Waals surface area contributed by atoms with Crippen LogP contribution in [0.2, 0.25) is 0 Å². The highest BCUT2D eigenvalue weighted by molar-refractivity contribution is 6.08. The first-order valence-electron chi connectivity index (χ1n) is 10.9. The highest BCUT2D eigenvalue weighted by atomic mass is 16.5. The van der Waals surface area contributed by atoms with Crippen LogP contribution in [0.15, 0.2) is 72.8 Å². The minimum Gasteiger partial charge on any atom is -0.493 e.